The summed E-state index contributed by atoms with van der Waals surface area (Å²) < 4.78 is 0. The van der Waals surface area contributed by atoms with Crippen LogP contribution in [0, 0.1) is 0 Å². The number of aliphatic carboxylic acids is 4. The number of hydrogen-bond donors (Lipinski definition) is 8. The summed E-state index contributed by atoms with van der Waals surface area (Å²) in [6.07, 6.45) is -2.29. The molecular formula is C22H24O14. The van der Waals surface area contributed by atoms with E-state index in [1.165, 1.54) is 12.1 Å². The highest BCUT2D eigenvalue weighted by atomic mass is 16.4. The van der Waals surface area contributed by atoms with E-state index in [1.54, 1.807) is 42.5 Å². The second-order valence-corrected chi connectivity index (χ2v) is 6.49. The monoisotopic (exact) mass is 512 g/mol. The van der Waals surface area contributed by atoms with Gasteiger partial charge < -0.3 is 40.9 Å². The topological polar surface area (TPSA) is 264 Å². The molecule has 36 heavy (non-hydrogen) atoms. The third-order valence-electron chi connectivity index (χ3n) is 3.44. The summed E-state index contributed by atoms with van der Waals surface area (Å²) in [7, 11) is 0. The largest absolute Gasteiger partial charge is 0.507 e. The fraction of sp³-hybridized carbons (Fsp3) is 0.182. The van der Waals surface area contributed by atoms with Crippen LogP contribution in [-0.2, 0) is 19.2 Å². The minimum absolute atomic E-state index is 0.0671. The predicted octanol–water partition coefficient (Wildman–Crippen LogP) is 1.32. The molecule has 0 saturated heterocycles. The molecule has 0 saturated carbocycles. The van der Waals surface area contributed by atoms with Gasteiger partial charge in [0.1, 0.15) is 11.3 Å². The Hall–Kier alpha value is -4.98. The zero-order valence-corrected chi connectivity index (χ0v) is 18.6. The first-order valence-corrected chi connectivity index (χ1v) is 9.42. The van der Waals surface area contributed by atoms with E-state index in [4.69, 9.17) is 45.6 Å². The quantitative estimate of drug-likeness (QED) is 0.260. The van der Waals surface area contributed by atoms with Crippen LogP contribution in [0.15, 0.2) is 54.6 Å². The summed E-state index contributed by atoms with van der Waals surface area (Å²) in [5, 5.41) is 66.9. The van der Waals surface area contributed by atoms with E-state index in [0.29, 0.717) is 5.56 Å². The molecule has 0 amide bonds. The van der Waals surface area contributed by atoms with Gasteiger partial charge in [-0.05, 0) is 24.3 Å². The van der Waals surface area contributed by atoms with Crippen molar-refractivity contribution >= 4 is 35.8 Å². The highest BCUT2D eigenvalue weighted by Gasteiger charge is 2.40. The Labute approximate surface area is 202 Å². The predicted molar refractivity (Wildman–Crippen MR) is 119 cm³/mol. The fourth-order valence-corrected chi connectivity index (χ4v) is 1.95. The maximum absolute atomic E-state index is 10.3. The van der Waals surface area contributed by atoms with Gasteiger partial charge in [0, 0.05) is 6.92 Å². The molecule has 14 heteroatoms. The van der Waals surface area contributed by atoms with Crippen molar-refractivity contribution in [1.29, 1.82) is 0 Å². The number of aliphatic hydroxyl groups is 1. The molecule has 14 nitrogen and oxygen atoms in total. The SMILES string of the molecule is CC(=O)O.O=C(O)CC(O)(CC(=O)O)C(=O)O.O=C(O)c1ccccc1.O=C(O)c1ccccc1O. The van der Waals surface area contributed by atoms with Crippen LogP contribution in [0.3, 0.4) is 0 Å². The molecule has 0 aliphatic carbocycles. The van der Waals surface area contributed by atoms with Gasteiger partial charge in [-0.25, -0.2) is 14.4 Å². The molecule has 0 aromatic heterocycles. The number of rotatable bonds is 7. The maximum atomic E-state index is 10.3. The average molecular weight is 512 g/mol. The molecule has 8 N–H and O–H groups in total. The number of para-hydroxylation sites is 1. The molecule has 0 spiro atoms. The lowest BCUT2D eigenvalue weighted by Crippen LogP contribution is -2.42. The number of carbonyl (C=O) groups is 6. The Balaban J connectivity index is 0. The van der Waals surface area contributed by atoms with E-state index in [9.17, 15) is 24.0 Å². The molecule has 0 fully saturated rings. The van der Waals surface area contributed by atoms with Gasteiger partial charge >= 0.3 is 29.8 Å². The third-order valence-corrected chi connectivity index (χ3v) is 3.44. The first-order chi connectivity index (χ1) is 16.5. The van der Waals surface area contributed by atoms with Crippen molar-refractivity contribution in [3.63, 3.8) is 0 Å². The van der Waals surface area contributed by atoms with Crippen LogP contribution >= 0.6 is 0 Å². The Bertz CT molecular complexity index is 1030. The molecule has 0 aliphatic rings. The van der Waals surface area contributed by atoms with Crippen LogP contribution in [0.4, 0.5) is 0 Å². The van der Waals surface area contributed by atoms with Gasteiger partial charge in [-0.2, -0.15) is 0 Å². The van der Waals surface area contributed by atoms with Crippen LogP contribution < -0.4 is 0 Å². The summed E-state index contributed by atoms with van der Waals surface area (Å²) in [5.74, 6) is -8.04. The van der Waals surface area contributed by atoms with E-state index >= 15 is 0 Å². The van der Waals surface area contributed by atoms with Gasteiger partial charge in [0.25, 0.3) is 5.97 Å². The van der Waals surface area contributed by atoms with Crippen molar-refractivity contribution in [3.05, 3.63) is 65.7 Å². The highest BCUT2D eigenvalue weighted by Crippen LogP contribution is 2.16. The molecule has 196 valence electrons. The number of aromatic carboxylic acids is 2. The second-order valence-electron chi connectivity index (χ2n) is 6.49. The van der Waals surface area contributed by atoms with Gasteiger partial charge in [0.05, 0.1) is 18.4 Å². The molecule has 0 bridgehead atoms. The summed E-state index contributed by atoms with van der Waals surface area (Å²) in [5.41, 5.74) is -2.47. The Morgan fingerprint density at radius 1 is 0.667 bits per heavy atom. The van der Waals surface area contributed by atoms with Gasteiger partial charge in [-0.3, -0.25) is 14.4 Å². The van der Waals surface area contributed by atoms with Crippen molar-refractivity contribution < 1.29 is 69.6 Å². The standard InChI is InChI=1S/C7H6O3.C7H6O2.C6H8O7.C2H4O2/c8-6-4-2-1-3-5(6)7(9)10;8-7(9)6-4-2-1-3-5-6;7-3(8)1-6(13,5(11)12)2-4(9)10;1-2(3)4/h1-4,8H,(H,9,10);1-5H,(H,8,9);13H,1-2H2,(H,7,8)(H,9,10)(H,11,12);1H3,(H,3,4). The molecular weight excluding hydrogens is 488 g/mol. The van der Waals surface area contributed by atoms with E-state index in [2.05, 4.69) is 0 Å². The number of carboxylic acid groups (broad SMARTS) is 6. The zero-order chi connectivity index (χ0) is 28.5. The zero-order valence-electron chi connectivity index (χ0n) is 18.6. The van der Waals surface area contributed by atoms with E-state index in [1.807, 2.05) is 0 Å². The first kappa shape index (κ1) is 33.2. The van der Waals surface area contributed by atoms with Crippen molar-refractivity contribution in [2.45, 2.75) is 25.4 Å². The number of benzene rings is 2. The molecule has 0 unspecified atom stereocenters. The molecule has 0 atom stereocenters. The van der Waals surface area contributed by atoms with Crippen molar-refractivity contribution in [1.82, 2.24) is 0 Å². The van der Waals surface area contributed by atoms with Crippen LogP contribution in [0.1, 0.15) is 40.5 Å². The molecule has 0 heterocycles. The lowest BCUT2D eigenvalue weighted by atomic mass is 9.96. The minimum Gasteiger partial charge on any atom is -0.507 e. The van der Waals surface area contributed by atoms with E-state index in [-0.39, 0.29) is 11.3 Å². The lowest BCUT2D eigenvalue weighted by molar-refractivity contribution is -0.170. The smallest absolute Gasteiger partial charge is 0.339 e. The third kappa shape index (κ3) is 15.8. The van der Waals surface area contributed by atoms with Crippen LogP contribution in [0.5, 0.6) is 5.75 Å². The first-order valence-electron chi connectivity index (χ1n) is 9.42. The Morgan fingerprint density at radius 3 is 1.31 bits per heavy atom. The second kappa shape index (κ2) is 16.6. The fourth-order valence-electron chi connectivity index (χ4n) is 1.95. The van der Waals surface area contributed by atoms with Gasteiger partial charge in [-0.15, -0.1) is 0 Å². The van der Waals surface area contributed by atoms with Crippen molar-refractivity contribution in [2.75, 3.05) is 0 Å². The van der Waals surface area contributed by atoms with E-state index < -0.39 is 54.3 Å². The van der Waals surface area contributed by atoms with Crippen molar-refractivity contribution in [2.24, 2.45) is 0 Å². The molecule has 2 aromatic carbocycles. The summed E-state index contributed by atoms with van der Waals surface area (Å²) in [4.78, 5) is 59.9. The minimum atomic E-state index is -2.74. The van der Waals surface area contributed by atoms with Crippen LogP contribution in [0.25, 0.3) is 0 Å². The normalized spacial score (nSPS) is 9.39. The Morgan fingerprint density at radius 2 is 1.06 bits per heavy atom. The molecule has 0 aliphatic heterocycles. The number of phenols is 1. The van der Waals surface area contributed by atoms with Crippen LogP contribution in [-0.4, -0.2) is 82.3 Å². The summed E-state index contributed by atoms with van der Waals surface area (Å²) in [6, 6.07) is 14.1. The van der Waals surface area contributed by atoms with Gasteiger partial charge in [-0.1, -0.05) is 30.3 Å². The molecule has 2 rings (SSSR count). The Kier molecular flexibility index (Phi) is 15.3. The van der Waals surface area contributed by atoms with Crippen molar-refractivity contribution in [3.8, 4) is 5.75 Å². The van der Waals surface area contributed by atoms with Crippen LogP contribution in [0.2, 0.25) is 0 Å². The lowest BCUT2D eigenvalue weighted by Gasteiger charge is -2.18. The van der Waals surface area contributed by atoms with E-state index in [0.717, 1.165) is 6.92 Å². The summed E-state index contributed by atoms with van der Waals surface area (Å²) >= 11 is 0. The van der Waals surface area contributed by atoms with Gasteiger partial charge in [0.15, 0.2) is 5.60 Å². The highest BCUT2D eigenvalue weighted by molar-refractivity contribution is 5.90. The molecule has 2 aromatic rings. The number of aromatic hydroxyl groups is 1. The van der Waals surface area contributed by atoms with Gasteiger partial charge in [0.2, 0.25) is 0 Å². The number of hydrogen-bond acceptors (Lipinski definition) is 8. The number of carboxylic acids is 6. The maximum Gasteiger partial charge on any atom is 0.339 e. The summed E-state index contributed by atoms with van der Waals surface area (Å²) in [6.45, 7) is 1.08. The average Bonchev–Trinajstić information content (AvgIpc) is 2.74. The molecule has 0 radical (unpaired) electrons.